The molecule has 4 rings (SSSR count). The second-order valence-corrected chi connectivity index (χ2v) is 6.78. The summed E-state index contributed by atoms with van der Waals surface area (Å²) in [6.45, 7) is 0.626. The molecule has 0 unspecified atom stereocenters. The number of hydrogen-bond donors (Lipinski definition) is 1. The average Bonchev–Trinajstić information content (AvgIpc) is 3.37. The first kappa shape index (κ1) is 16.4. The zero-order valence-corrected chi connectivity index (χ0v) is 14.7. The lowest BCUT2D eigenvalue weighted by atomic mass is 10.2. The van der Waals surface area contributed by atoms with E-state index < -0.39 is 0 Å². The van der Waals surface area contributed by atoms with Crippen LogP contribution in [0.1, 0.15) is 23.5 Å². The van der Waals surface area contributed by atoms with Gasteiger partial charge in [0.05, 0.1) is 18.4 Å². The number of nitrogens with one attached hydrogen (secondary N) is 1. The number of nitrogens with zero attached hydrogens (tertiary/aromatic N) is 3. The SMILES string of the molecule is Cn1cc([C@H]2C[C@H]2C(=O)NN(Cc2ccccc2)c2ccccc2)cn1. The van der Waals surface area contributed by atoms with Crippen LogP contribution < -0.4 is 10.4 Å². The molecule has 2 aromatic carbocycles. The summed E-state index contributed by atoms with van der Waals surface area (Å²) in [5.74, 6) is 0.359. The summed E-state index contributed by atoms with van der Waals surface area (Å²) in [5.41, 5.74) is 6.38. The molecule has 0 spiro atoms. The number of hydrogen-bond acceptors (Lipinski definition) is 3. The third kappa shape index (κ3) is 3.61. The van der Waals surface area contributed by atoms with Gasteiger partial charge in [-0.25, -0.2) is 0 Å². The Morgan fingerprint density at radius 2 is 1.85 bits per heavy atom. The van der Waals surface area contributed by atoms with Crippen molar-refractivity contribution in [2.45, 2.75) is 18.9 Å². The summed E-state index contributed by atoms with van der Waals surface area (Å²) >= 11 is 0. The molecule has 132 valence electrons. The maximum absolute atomic E-state index is 12.8. The molecule has 1 fully saturated rings. The Kier molecular flexibility index (Phi) is 4.44. The predicted octanol–water partition coefficient (Wildman–Crippen LogP) is 3.26. The van der Waals surface area contributed by atoms with Crippen LogP contribution in [0.25, 0.3) is 0 Å². The average molecular weight is 346 g/mol. The second kappa shape index (κ2) is 7.04. The number of carbonyl (C=O) groups is 1. The van der Waals surface area contributed by atoms with Crippen molar-refractivity contribution in [2.75, 3.05) is 5.01 Å². The van der Waals surface area contributed by atoms with Gasteiger partial charge in [-0.1, -0.05) is 48.5 Å². The highest BCUT2D eigenvalue weighted by molar-refractivity contribution is 5.84. The zero-order valence-electron chi connectivity index (χ0n) is 14.7. The maximum Gasteiger partial charge on any atom is 0.242 e. The van der Waals surface area contributed by atoms with Gasteiger partial charge in [0.2, 0.25) is 5.91 Å². The number of benzene rings is 2. The first-order chi connectivity index (χ1) is 12.7. The quantitative estimate of drug-likeness (QED) is 0.697. The molecule has 26 heavy (non-hydrogen) atoms. The van der Waals surface area contributed by atoms with Gasteiger partial charge in [-0.2, -0.15) is 5.10 Å². The summed E-state index contributed by atoms with van der Waals surface area (Å²) in [5, 5.41) is 6.14. The molecule has 0 bridgehead atoms. The highest BCUT2D eigenvalue weighted by Gasteiger charge is 2.45. The molecule has 1 saturated carbocycles. The molecule has 2 atom stereocenters. The van der Waals surface area contributed by atoms with Gasteiger partial charge in [0.15, 0.2) is 0 Å². The van der Waals surface area contributed by atoms with Gasteiger partial charge in [-0.3, -0.25) is 19.9 Å². The molecule has 1 aliphatic carbocycles. The number of amides is 1. The predicted molar refractivity (Wildman–Crippen MR) is 101 cm³/mol. The zero-order chi connectivity index (χ0) is 17.9. The van der Waals surface area contributed by atoms with Crippen molar-refractivity contribution in [3.63, 3.8) is 0 Å². The molecule has 0 radical (unpaired) electrons. The number of rotatable bonds is 6. The van der Waals surface area contributed by atoms with Gasteiger partial charge in [0.25, 0.3) is 0 Å². The highest BCUT2D eigenvalue weighted by atomic mass is 16.2. The number of carbonyl (C=O) groups excluding carboxylic acids is 1. The molecule has 1 amide bonds. The van der Waals surface area contributed by atoms with Crippen LogP contribution in [0.15, 0.2) is 73.1 Å². The van der Waals surface area contributed by atoms with E-state index in [9.17, 15) is 4.79 Å². The third-order valence-corrected chi connectivity index (χ3v) is 4.78. The summed E-state index contributed by atoms with van der Waals surface area (Å²) < 4.78 is 1.79. The van der Waals surface area contributed by atoms with Crippen molar-refractivity contribution in [1.82, 2.24) is 15.2 Å². The molecule has 1 aliphatic rings. The van der Waals surface area contributed by atoms with Gasteiger partial charge in [-0.15, -0.1) is 0 Å². The standard InChI is InChI=1S/C21H22N4O/c1-24-15-17(13-22-24)19-12-20(19)21(26)23-25(18-10-6-3-7-11-18)14-16-8-4-2-5-9-16/h2-11,13,15,19-20H,12,14H2,1H3,(H,23,26)/t19-,20-/m1/s1. The number of aryl methyl sites for hydroxylation is 1. The van der Waals surface area contributed by atoms with Gasteiger partial charge in [0.1, 0.15) is 0 Å². The third-order valence-electron chi connectivity index (χ3n) is 4.78. The molecular formula is C21H22N4O. The van der Waals surface area contributed by atoms with Crippen molar-refractivity contribution in [3.8, 4) is 0 Å². The Bertz CT molecular complexity index is 875. The molecule has 0 saturated heterocycles. The number of aromatic nitrogens is 2. The number of anilines is 1. The van der Waals surface area contributed by atoms with Crippen LogP contribution in [0, 0.1) is 5.92 Å². The van der Waals surface area contributed by atoms with Crippen molar-refractivity contribution >= 4 is 11.6 Å². The topological polar surface area (TPSA) is 50.2 Å². The van der Waals surface area contributed by atoms with E-state index in [0.717, 1.165) is 23.2 Å². The van der Waals surface area contributed by atoms with Crippen molar-refractivity contribution in [2.24, 2.45) is 13.0 Å². The second-order valence-electron chi connectivity index (χ2n) is 6.78. The number of hydrazine groups is 1. The fraction of sp³-hybridized carbons (Fsp3) is 0.238. The van der Waals surface area contributed by atoms with E-state index in [1.165, 1.54) is 0 Å². The minimum atomic E-state index is 0.0150. The van der Waals surface area contributed by atoms with E-state index in [-0.39, 0.29) is 17.7 Å². The van der Waals surface area contributed by atoms with Crippen LogP contribution in [-0.2, 0) is 18.4 Å². The highest BCUT2D eigenvalue weighted by Crippen LogP contribution is 2.47. The molecule has 1 heterocycles. The number of para-hydroxylation sites is 1. The first-order valence-corrected chi connectivity index (χ1v) is 8.86. The summed E-state index contributed by atoms with van der Waals surface area (Å²) in [6.07, 6.45) is 4.74. The normalized spacial score (nSPS) is 18.3. The van der Waals surface area contributed by atoms with Crippen LogP contribution in [0.4, 0.5) is 5.69 Å². The summed E-state index contributed by atoms with van der Waals surface area (Å²) in [7, 11) is 1.90. The molecule has 5 nitrogen and oxygen atoms in total. The van der Waals surface area contributed by atoms with E-state index in [4.69, 9.17) is 0 Å². The molecule has 1 aromatic heterocycles. The van der Waals surface area contributed by atoms with E-state index in [2.05, 4.69) is 22.7 Å². The Morgan fingerprint density at radius 1 is 1.15 bits per heavy atom. The monoisotopic (exact) mass is 346 g/mol. The van der Waals surface area contributed by atoms with Gasteiger partial charge in [-0.05, 0) is 35.6 Å². The van der Waals surface area contributed by atoms with E-state index in [1.54, 1.807) is 4.68 Å². The minimum absolute atomic E-state index is 0.0150. The smallest absolute Gasteiger partial charge is 0.242 e. The van der Waals surface area contributed by atoms with E-state index in [1.807, 2.05) is 73.0 Å². The van der Waals surface area contributed by atoms with Crippen molar-refractivity contribution in [3.05, 3.63) is 84.2 Å². The van der Waals surface area contributed by atoms with Crippen molar-refractivity contribution in [1.29, 1.82) is 0 Å². The molecule has 3 aromatic rings. The fourth-order valence-corrected chi connectivity index (χ4v) is 3.27. The lowest BCUT2D eigenvalue weighted by Gasteiger charge is -2.25. The van der Waals surface area contributed by atoms with E-state index in [0.29, 0.717) is 6.54 Å². The van der Waals surface area contributed by atoms with Gasteiger partial charge < -0.3 is 0 Å². The Labute approximate surface area is 153 Å². The van der Waals surface area contributed by atoms with Gasteiger partial charge in [0, 0.05) is 19.2 Å². The summed E-state index contributed by atoms with van der Waals surface area (Å²) in [6, 6.07) is 20.1. The molecule has 1 N–H and O–H groups in total. The molecular weight excluding hydrogens is 324 g/mol. The Hall–Kier alpha value is -3.08. The van der Waals surface area contributed by atoms with Crippen molar-refractivity contribution < 1.29 is 4.79 Å². The van der Waals surface area contributed by atoms with Crippen LogP contribution in [0.3, 0.4) is 0 Å². The van der Waals surface area contributed by atoms with E-state index >= 15 is 0 Å². The lowest BCUT2D eigenvalue weighted by Crippen LogP contribution is -2.43. The summed E-state index contributed by atoms with van der Waals surface area (Å²) in [4.78, 5) is 12.8. The van der Waals surface area contributed by atoms with Crippen LogP contribution in [0.5, 0.6) is 0 Å². The van der Waals surface area contributed by atoms with Crippen LogP contribution in [-0.4, -0.2) is 15.7 Å². The lowest BCUT2D eigenvalue weighted by molar-refractivity contribution is -0.122. The Balaban J connectivity index is 1.47. The van der Waals surface area contributed by atoms with Crippen LogP contribution in [0.2, 0.25) is 0 Å². The minimum Gasteiger partial charge on any atom is -0.281 e. The molecule has 5 heteroatoms. The Morgan fingerprint density at radius 3 is 2.50 bits per heavy atom. The first-order valence-electron chi connectivity index (χ1n) is 8.86. The van der Waals surface area contributed by atoms with Crippen LogP contribution >= 0.6 is 0 Å². The van der Waals surface area contributed by atoms with Gasteiger partial charge >= 0.3 is 0 Å². The maximum atomic E-state index is 12.8. The fourth-order valence-electron chi connectivity index (χ4n) is 3.27. The largest absolute Gasteiger partial charge is 0.281 e. The molecule has 0 aliphatic heterocycles.